The average molecular weight is 202 g/mol. The fraction of sp³-hybridized carbons (Fsp3) is 0.625. The summed E-state index contributed by atoms with van der Waals surface area (Å²) in [5, 5.41) is 6.53. The molecule has 5 heteroatoms. The quantitative estimate of drug-likeness (QED) is 0.742. The Kier molecular flexibility index (Phi) is 2.23. The Morgan fingerprint density at radius 1 is 1.38 bits per heavy atom. The van der Waals surface area contributed by atoms with E-state index in [1.807, 2.05) is 20.8 Å². The van der Waals surface area contributed by atoms with Crippen LogP contribution in [0.3, 0.4) is 0 Å². The minimum Gasteiger partial charge on any atom is -0.284 e. The fourth-order valence-corrected chi connectivity index (χ4v) is 2.07. The molecule has 0 aliphatic carbocycles. The Hall–Kier alpha value is -0.840. The zero-order valence-corrected chi connectivity index (χ0v) is 9.07. The summed E-state index contributed by atoms with van der Waals surface area (Å²) < 4.78 is 22.6. The summed E-state index contributed by atoms with van der Waals surface area (Å²) in [6.45, 7) is 5.79. The van der Waals surface area contributed by atoms with Crippen LogP contribution in [0.1, 0.15) is 26.5 Å². The Morgan fingerprint density at radius 3 is 2.23 bits per heavy atom. The van der Waals surface area contributed by atoms with Gasteiger partial charge in [0.25, 0.3) is 0 Å². The van der Waals surface area contributed by atoms with Gasteiger partial charge in [-0.05, 0) is 0 Å². The molecule has 0 aromatic carbocycles. The second-order valence-electron chi connectivity index (χ2n) is 4.12. The molecule has 13 heavy (non-hydrogen) atoms. The number of H-pyrrole nitrogens is 1. The average Bonchev–Trinajstić information content (AvgIpc) is 2.27. The summed E-state index contributed by atoms with van der Waals surface area (Å²) in [6.07, 6.45) is 2.61. The Bertz CT molecular complexity index is 398. The maximum absolute atomic E-state index is 11.3. The van der Waals surface area contributed by atoms with E-state index in [1.165, 1.54) is 12.5 Å². The molecule has 0 aliphatic heterocycles. The first-order valence-corrected chi connectivity index (χ1v) is 5.86. The lowest BCUT2D eigenvalue weighted by Crippen LogP contribution is -2.16. The molecule has 0 atom stereocenters. The van der Waals surface area contributed by atoms with Crippen LogP contribution in [-0.2, 0) is 15.3 Å². The van der Waals surface area contributed by atoms with E-state index in [2.05, 4.69) is 10.2 Å². The molecule has 1 aromatic heterocycles. The SMILES string of the molecule is CC(C)(C)c1n[nH]cc1S(C)(=O)=O. The number of hydrogen-bond acceptors (Lipinski definition) is 3. The van der Waals surface area contributed by atoms with Crippen molar-refractivity contribution in [3.8, 4) is 0 Å². The molecule has 1 N–H and O–H groups in total. The van der Waals surface area contributed by atoms with E-state index in [0.29, 0.717) is 10.6 Å². The Balaban J connectivity index is 3.35. The lowest BCUT2D eigenvalue weighted by Gasteiger charge is -2.16. The van der Waals surface area contributed by atoms with Gasteiger partial charge in [0.15, 0.2) is 9.84 Å². The molecule has 0 radical (unpaired) electrons. The van der Waals surface area contributed by atoms with Crippen LogP contribution >= 0.6 is 0 Å². The minimum absolute atomic E-state index is 0.252. The second kappa shape index (κ2) is 2.83. The van der Waals surface area contributed by atoms with Crippen molar-refractivity contribution in [2.24, 2.45) is 0 Å². The molecule has 0 saturated heterocycles. The number of sulfone groups is 1. The third-order valence-corrected chi connectivity index (χ3v) is 2.83. The summed E-state index contributed by atoms with van der Waals surface area (Å²) in [5.74, 6) is 0. The van der Waals surface area contributed by atoms with Crippen molar-refractivity contribution in [2.75, 3.05) is 6.26 Å². The lowest BCUT2D eigenvalue weighted by molar-refractivity contribution is 0.547. The molecule has 0 spiro atoms. The smallest absolute Gasteiger partial charge is 0.178 e. The van der Waals surface area contributed by atoms with Gasteiger partial charge in [0, 0.05) is 17.9 Å². The highest BCUT2D eigenvalue weighted by Gasteiger charge is 2.25. The predicted molar refractivity (Wildman–Crippen MR) is 50.4 cm³/mol. The van der Waals surface area contributed by atoms with Crippen molar-refractivity contribution in [3.05, 3.63) is 11.9 Å². The molecule has 1 rings (SSSR count). The molecule has 0 amide bonds. The van der Waals surface area contributed by atoms with E-state index in [9.17, 15) is 8.42 Å². The summed E-state index contributed by atoms with van der Waals surface area (Å²) in [7, 11) is -3.17. The van der Waals surface area contributed by atoms with Gasteiger partial charge < -0.3 is 0 Å². The molecule has 0 saturated carbocycles. The van der Waals surface area contributed by atoms with Crippen LogP contribution < -0.4 is 0 Å². The van der Waals surface area contributed by atoms with Crippen molar-refractivity contribution in [1.82, 2.24) is 10.2 Å². The molecule has 0 aliphatic rings. The second-order valence-corrected chi connectivity index (χ2v) is 6.10. The van der Waals surface area contributed by atoms with Gasteiger partial charge in [0.1, 0.15) is 4.90 Å². The van der Waals surface area contributed by atoms with Gasteiger partial charge in [0.2, 0.25) is 0 Å². The lowest BCUT2D eigenvalue weighted by atomic mass is 9.92. The Morgan fingerprint density at radius 2 is 1.92 bits per heavy atom. The van der Waals surface area contributed by atoms with Gasteiger partial charge in [0.05, 0.1) is 5.69 Å². The summed E-state index contributed by atoms with van der Waals surface area (Å²) in [5.41, 5.74) is 0.341. The maximum atomic E-state index is 11.3. The third-order valence-electron chi connectivity index (χ3n) is 1.72. The highest BCUT2D eigenvalue weighted by Crippen LogP contribution is 2.26. The van der Waals surface area contributed by atoms with Gasteiger partial charge in [-0.25, -0.2) is 8.42 Å². The number of aromatic amines is 1. The molecular formula is C8H14N2O2S. The standard InChI is InChI=1S/C8H14N2O2S/c1-8(2,3)7-6(5-9-10-7)13(4,11)12/h5H,1-4H3,(H,9,10). The van der Waals surface area contributed by atoms with Crippen molar-refractivity contribution in [3.63, 3.8) is 0 Å². The van der Waals surface area contributed by atoms with E-state index in [0.717, 1.165) is 0 Å². The van der Waals surface area contributed by atoms with Crippen molar-refractivity contribution >= 4 is 9.84 Å². The highest BCUT2D eigenvalue weighted by atomic mass is 32.2. The van der Waals surface area contributed by atoms with Gasteiger partial charge in [-0.15, -0.1) is 0 Å². The molecular weight excluding hydrogens is 188 g/mol. The summed E-state index contributed by atoms with van der Waals surface area (Å²) >= 11 is 0. The zero-order chi connectivity index (χ0) is 10.3. The number of nitrogens with zero attached hydrogens (tertiary/aromatic N) is 1. The van der Waals surface area contributed by atoms with E-state index in [-0.39, 0.29) is 5.41 Å². The fourth-order valence-electron chi connectivity index (χ4n) is 1.10. The third kappa shape index (κ3) is 2.09. The number of nitrogens with one attached hydrogen (secondary N) is 1. The first-order valence-electron chi connectivity index (χ1n) is 3.97. The first-order chi connectivity index (χ1) is 5.73. The van der Waals surface area contributed by atoms with Crippen LogP contribution in [-0.4, -0.2) is 24.9 Å². The van der Waals surface area contributed by atoms with E-state index < -0.39 is 9.84 Å². The monoisotopic (exact) mass is 202 g/mol. The first kappa shape index (κ1) is 10.2. The molecule has 4 nitrogen and oxygen atoms in total. The van der Waals surface area contributed by atoms with Crippen LogP contribution in [0.5, 0.6) is 0 Å². The van der Waals surface area contributed by atoms with E-state index in [1.54, 1.807) is 0 Å². The largest absolute Gasteiger partial charge is 0.284 e. The minimum atomic E-state index is -3.17. The number of rotatable bonds is 1. The van der Waals surface area contributed by atoms with Crippen LogP contribution in [0, 0.1) is 0 Å². The highest BCUT2D eigenvalue weighted by molar-refractivity contribution is 7.90. The molecule has 0 bridgehead atoms. The number of aromatic nitrogens is 2. The van der Waals surface area contributed by atoms with Gasteiger partial charge in [-0.1, -0.05) is 20.8 Å². The van der Waals surface area contributed by atoms with Gasteiger partial charge >= 0.3 is 0 Å². The number of hydrogen-bond donors (Lipinski definition) is 1. The Labute approximate surface area is 78.3 Å². The van der Waals surface area contributed by atoms with Crippen molar-refractivity contribution in [1.29, 1.82) is 0 Å². The summed E-state index contributed by atoms with van der Waals surface area (Å²) in [6, 6.07) is 0. The van der Waals surface area contributed by atoms with Crippen LogP contribution in [0.2, 0.25) is 0 Å². The van der Waals surface area contributed by atoms with Crippen molar-refractivity contribution < 1.29 is 8.42 Å². The van der Waals surface area contributed by atoms with Gasteiger partial charge in [-0.3, -0.25) is 5.10 Å². The van der Waals surface area contributed by atoms with Crippen LogP contribution in [0.25, 0.3) is 0 Å². The predicted octanol–water partition coefficient (Wildman–Crippen LogP) is 1.11. The molecule has 0 unspecified atom stereocenters. The van der Waals surface area contributed by atoms with E-state index >= 15 is 0 Å². The molecule has 1 heterocycles. The van der Waals surface area contributed by atoms with Gasteiger partial charge in [-0.2, -0.15) is 5.10 Å². The molecule has 0 fully saturated rings. The summed E-state index contributed by atoms with van der Waals surface area (Å²) in [4.78, 5) is 0.292. The topological polar surface area (TPSA) is 62.8 Å². The normalized spacial score (nSPS) is 13.2. The van der Waals surface area contributed by atoms with E-state index in [4.69, 9.17) is 0 Å². The molecule has 1 aromatic rings. The van der Waals surface area contributed by atoms with Crippen LogP contribution in [0.4, 0.5) is 0 Å². The maximum Gasteiger partial charge on any atom is 0.178 e. The van der Waals surface area contributed by atoms with Crippen LogP contribution in [0.15, 0.2) is 11.1 Å². The zero-order valence-electron chi connectivity index (χ0n) is 8.25. The molecule has 74 valence electrons. The van der Waals surface area contributed by atoms with Crippen molar-refractivity contribution in [2.45, 2.75) is 31.1 Å².